The zero-order valence-corrected chi connectivity index (χ0v) is 14.8. The Morgan fingerprint density at radius 3 is 1.56 bits per heavy atom. The maximum Gasteiger partial charge on any atom is 0.228 e. The first kappa shape index (κ1) is 16.8. The van der Waals surface area contributed by atoms with Crippen LogP contribution in [0.15, 0.2) is 78.9 Å². The van der Waals surface area contributed by atoms with Gasteiger partial charge < -0.3 is 4.90 Å². The molecule has 0 aliphatic carbocycles. The second kappa shape index (κ2) is 7.22. The zero-order valence-electron chi connectivity index (χ0n) is 14.8. The fraction of sp³-hybridized carbons (Fsp3) is 0.136. The SMILES string of the molecule is CC(=O)N(c1ccc(-c2ccccc2)cc1)c1ccc(N(C)C)cc1. The number of amides is 1. The molecule has 0 aliphatic rings. The smallest absolute Gasteiger partial charge is 0.228 e. The van der Waals surface area contributed by atoms with Crippen molar-refractivity contribution in [2.24, 2.45) is 0 Å². The highest BCUT2D eigenvalue weighted by Crippen LogP contribution is 2.29. The number of benzene rings is 3. The van der Waals surface area contributed by atoms with E-state index >= 15 is 0 Å². The summed E-state index contributed by atoms with van der Waals surface area (Å²) in [4.78, 5) is 16.0. The van der Waals surface area contributed by atoms with Crippen molar-refractivity contribution in [2.45, 2.75) is 6.92 Å². The number of rotatable bonds is 4. The molecular weight excluding hydrogens is 308 g/mol. The normalized spacial score (nSPS) is 10.4. The van der Waals surface area contributed by atoms with E-state index in [4.69, 9.17) is 0 Å². The van der Waals surface area contributed by atoms with Gasteiger partial charge in [0.15, 0.2) is 0 Å². The molecule has 25 heavy (non-hydrogen) atoms. The molecular formula is C22H22N2O. The largest absolute Gasteiger partial charge is 0.378 e. The molecule has 3 rings (SSSR count). The topological polar surface area (TPSA) is 23.6 Å². The molecule has 0 aromatic heterocycles. The molecule has 126 valence electrons. The molecule has 0 radical (unpaired) electrons. The van der Waals surface area contributed by atoms with Gasteiger partial charge in [0.1, 0.15) is 0 Å². The van der Waals surface area contributed by atoms with Gasteiger partial charge in [0.2, 0.25) is 5.91 Å². The molecule has 0 unspecified atom stereocenters. The lowest BCUT2D eigenvalue weighted by molar-refractivity contribution is -0.115. The van der Waals surface area contributed by atoms with Gasteiger partial charge in [-0.1, -0.05) is 42.5 Å². The minimum absolute atomic E-state index is 0.00920. The predicted octanol–water partition coefficient (Wildman–Crippen LogP) is 5.10. The Kier molecular flexibility index (Phi) is 4.85. The average molecular weight is 330 g/mol. The van der Waals surface area contributed by atoms with Crippen molar-refractivity contribution in [1.29, 1.82) is 0 Å². The molecule has 3 heteroatoms. The standard InChI is InChI=1S/C22H22N2O/c1-17(25)24(22-15-13-20(14-16-22)23(2)3)21-11-9-19(10-12-21)18-7-5-4-6-8-18/h4-16H,1-3H3. The maximum atomic E-state index is 12.2. The fourth-order valence-corrected chi connectivity index (χ4v) is 2.85. The third-order valence-electron chi connectivity index (χ3n) is 4.17. The molecule has 0 fully saturated rings. The Balaban J connectivity index is 1.92. The number of anilines is 3. The van der Waals surface area contributed by atoms with Crippen LogP contribution in [0.4, 0.5) is 17.1 Å². The highest BCUT2D eigenvalue weighted by atomic mass is 16.2. The van der Waals surface area contributed by atoms with E-state index in [0.717, 1.165) is 22.6 Å². The molecule has 0 saturated carbocycles. The van der Waals surface area contributed by atoms with E-state index in [1.807, 2.05) is 73.6 Å². The third-order valence-corrected chi connectivity index (χ3v) is 4.17. The van der Waals surface area contributed by atoms with Gasteiger partial charge in [-0.05, 0) is 47.5 Å². The molecule has 0 heterocycles. The molecule has 0 saturated heterocycles. The average Bonchev–Trinajstić information content (AvgIpc) is 2.63. The summed E-state index contributed by atoms with van der Waals surface area (Å²) >= 11 is 0. The number of carbonyl (C=O) groups excluding carboxylic acids is 1. The first-order valence-electron chi connectivity index (χ1n) is 8.30. The Labute approximate surface area is 149 Å². The number of carbonyl (C=O) groups is 1. The van der Waals surface area contributed by atoms with Crippen molar-refractivity contribution in [3.05, 3.63) is 78.9 Å². The van der Waals surface area contributed by atoms with Crippen molar-refractivity contribution < 1.29 is 4.79 Å². The van der Waals surface area contributed by atoms with Gasteiger partial charge in [-0.3, -0.25) is 9.69 Å². The highest BCUT2D eigenvalue weighted by molar-refractivity contribution is 5.99. The van der Waals surface area contributed by atoms with Crippen molar-refractivity contribution in [1.82, 2.24) is 0 Å². The summed E-state index contributed by atoms with van der Waals surface area (Å²) in [6.45, 7) is 1.59. The Morgan fingerprint density at radius 1 is 0.640 bits per heavy atom. The van der Waals surface area contributed by atoms with Crippen molar-refractivity contribution in [3.8, 4) is 11.1 Å². The summed E-state index contributed by atoms with van der Waals surface area (Å²) in [6, 6.07) is 26.3. The summed E-state index contributed by atoms with van der Waals surface area (Å²) in [6.07, 6.45) is 0. The van der Waals surface area contributed by atoms with Crippen LogP contribution < -0.4 is 9.80 Å². The maximum absolute atomic E-state index is 12.2. The number of hydrogen-bond donors (Lipinski definition) is 0. The molecule has 0 bridgehead atoms. The second-order valence-corrected chi connectivity index (χ2v) is 6.18. The number of nitrogens with zero attached hydrogens (tertiary/aromatic N) is 2. The van der Waals surface area contributed by atoms with E-state index in [9.17, 15) is 4.79 Å². The van der Waals surface area contributed by atoms with Crippen LogP contribution in [0, 0.1) is 0 Å². The summed E-state index contributed by atoms with van der Waals surface area (Å²) < 4.78 is 0. The van der Waals surface area contributed by atoms with E-state index in [0.29, 0.717) is 0 Å². The second-order valence-electron chi connectivity index (χ2n) is 6.18. The van der Waals surface area contributed by atoms with Crippen LogP contribution in [0.1, 0.15) is 6.92 Å². The van der Waals surface area contributed by atoms with E-state index in [1.54, 1.807) is 11.8 Å². The molecule has 3 aromatic rings. The van der Waals surface area contributed by atoms with E-state index in [1.165, 1.54) is 5.56 Å². The highest BCUT2D eigenvalue weighted by Gasteiger charge is 2.14. The van der Waals surface area contributed by atoms with Gasteiger partial charge in [0.05, 0.1) is 0 Å². The molecule has 3 nitrogen and oxygen atoms in total. The van der Waals surface area contributed by atoms with Crippen molar-refractivity contribution in [3.63, 3.8) is 0 Å². The fourth-order valence-electron chi connectivity index (χ4n) is 2.85. The first-order valence-corrected chi connectivity index (χ1v) is 8.30. The van der Waals surface area contributed by atoms with Crippen LogP contribution in [-0.4, -0.2) is 20.0 Å². The zero-order chi connectivity index (χ0) is 17.8. The monoisotopic (exact) mass is 330 g/mol. The minimum Gasteiger partial charge on any atom is -0.378 e. The summed E-state index contributed by atoms with van der Waals surface area (Å²) in [7, 11) is 4.00. The summed E-state index contributed by atoms with van der Waals surface area (Å²) in [5, 5.41) is 0. The van der Waals surface area contributed by atoms with Crippen LogP contribution in [0.2, 0.25) is 0 Å². The lowest BCUT2D eigenvalue weighted by Gasteiger charge is -2.23. The minimum atomic E-state index is -0.00920. The van der Waals surface area contributed by atoms with Gasteiger partial charge >= 0.3 is 0 Å². The molecule has 3 aromatic carbocycles. The van der Waals surface area contributed by atoms with Gasteiger partial charge in [0.25, 0.3) is 0 Å². The van der Waals surface area contributed by atoms with Crippen LogP contribution in [-0.2, 0) is 4.79 Å². The third kappa shape index (κ3) is 3.72. The van der Waals surface area contributed by atoms with Gasteiger partial charge in [0, 0.05) is 38.1 Å². The summed E-state index contributed by atoms with van der Waals surface area (Å²) in [5.74, 6) is -0.00920. The molecule has 0 spiro atoms. The van der Waals surface area contributed by atoms with Crippen LogP contribution >= 0.6 is 0 Å². The van der Waals surface area contributed by atoms with E-state index < -0.39 is 0 Å². The van der Waals surface area contributed by atoms with Crippen LogP contribution in [0.3, 0.4) is 0 Å². The molecule has 0 atom stereocenters. The number of hydrogen-bond acceptors (Lipinski definition) is 2. The quantitative estimate of drug-likeness (QED) is 0.664. The molecule has 0 aliphatic heterocycles. The molecule has 1 amide bonds. The Hall–Kier alpha value is -3.07. The Morgan fingerprint density at radius 2 is 1.08 bits per heavy atom. The first-order chi connectivity index (χ1) is 12.1. The predicted molar refractivity (Wildman–Crippen MR) is 105 cm³/mol. The lowest BCUT2D eigenvalue weighted by Crippen LogP contribution is -2.22. The Bertz CT molecular complexity index is 837. The molecule has 0 N–H and O–H groups in total. The van der Waals surface area contributed by atoms with Crippen molar-refractivity contribution >= 4 is 23.0 Å². The van der Waals surface area contributed by atoms with Gasteiger partial charge in [-0.25, -0.2) is 0 Å². The van der Waals surface area contributed by atoms with E-state index in [-0.39, 0.29) is 5.91 Å². The van der Waals surface area contributed by atoms with Gasteiger partial charge in [-0.2, -0.15) is 0 Å². The summed E-state index contributed by atoms with van der Waals surface area (Å²) in [5.41, 5.74) is 5.14. The van der Waals surface area contributed by atoms with E-state index in [2.05, 4.69) is 24.3 Å². The van der Waals surface area contributed by atoms with Crippen molar-refractivity contribution in [2.75, 3.05) is 23.9 Å². The van der Waals surface area contributed by atoms with Gasteiger partial charge in [-0.15, -0.1) is 0 Å². The van der Waals surface area contributed by atoms with Crippen LogP contribution in [0.25, 0.3) is 11.1 Å². The lowest BCUT2D eigenvalue weighted by atomic mass is 10.1. The van der Waals surface area contributed by atoms with Crippen LogP contribution in [0.5, 0.6) is 0 Å².